The van der Waals surface area contributed by atoms with Crippen molar-refractivity contribution in [2.45, 2.75) is 0 Å². The molecular formula is C21H14ClN3O5. The van der Waals surface area contributed by atoms with Gasteiger partial charge in [-0.3, -0.25) is 14.9 Å². The van der Waals surface area contributed by atoms with E-state index < -0.39 is 16.8 Å². The van der Waals surface area contributed by atoms with Gasteiger partial charge in [-0.15, -0.1) is 0 Å². The number of carbonyl (C=O) groups excluding carboxylic acids is 2. The van der Waals surface area contributed by atoms with Crippen LogP contribution in [0.2, 0.25) is 5.02 Å². The van der Waals surface area contributed by atoms with Crippen LogP contribution < -0.4 is 10.2 Å². The van der Waals surface area contributed by atoms with Crippen molar-refractivity contribution in [1.82, 2.24) is 5.43 Å². The second kappa shape index (κ2) is 9.44. The number of hydrazone groups is 1. The molecule has 0 heterocycles. The van der Waals surface area contributed by atoms with Gasteiger partial charge in [0.25, 0.3) is 11.6 Å². The van der Waals surface area contributed by atoms with E-state index in [1.54, 1.807) is 30.3 Å². The zero-order chi connectivity index (χ0) is 21.5. The van der Waals surface area contributed by atoms with E-state index in [1.807, 2.05) is 0 Å². The van der Waals surface area contributed by atoms with Gasteiger partial charge >= 0.3 is 5.97 Å². The number of nitrogens with zero attached hydrogens (tertiary/aromatic N) is 2. The Labute approximate surface area is 175 Å². The molecule has 0 radical (unpaired) electrons. The topological polar surface area (TPSA) is 111 Å². The van der Waals surface area contributed by atoms with E-state index >= 15 is 0 Å². The fraction of sp³-hybridized carbons (Fsp3) is 0. The second-order valence-corrected chi connectivity index (χ2v) is 6.41. The number of hydrogen-bond donors (Lipinski definition) is 1. The second-order valence-electron chi connectivity index (χ2n) is 5.98. The molecular weight excluding hydrogens is 410 g/mol. The number of rotatable bonds is 6. The summed E-state index contributed by atoms with van der Waals surface area (Å²) < 4.78 is 5.21. The van der Waals surface area contributed by atoms with Gasteiger partial charge in [-0.1, -0.05) is 23.7 Å². The Morgan fingerprint density at radius 2 is 1.70 bits per heavy atom. The van der Waals surface area contributed by atoms with Crippen molar-refractivity contribution < 1.29 is 19.2 Å². The van der Waals surface area contributed by atoms with Gasteiger partial charge in [-0.2, -0.15) is 5.10 Å². The number of non-ortho nitro benzene ring substituents is 1. The van der Waals surface area contributed by atoms with E-state index in [4.69, 9.17) is 16.3 Å². The molecule has 3 rings (SSSR count). The van der Waals surface area contributed by atoms with Crippen LogP contribution in [0, 0.1) is 10.1 Å². The lowest BCUT2D eigenvalue weighted by molar-refractivity contribution is -0.384. The Balaban J connectivity index is 1.59. The molecule has 0 bridgehead atoms. The number of esters is 1. The first-order valence-electron chi connectivity index (χ1n) is 8.58. The molecule has 8 nitrogen and oxygen atoms in total. The number of nitro groups is 1. The molecule has 0 unspecified atom stereocenters. The lowest BCUT2D eigenvalue weighted by atomic mass is 10.2. The summed E-state index contributed by atoms with van der Waals surface area (Å²) in [5, 5.41) is 15.1. The molecule has 3 aromatic rings. The number of hydrogen-bond acceptors (Lipinski definition) is 6. The summed E-state index contributed by atoms with van der Waals surface area (Å²) in [7, 11) is 0. The van der Waals surface area contributed by atoms with Crippen molar-refractivity contribution in [2.75, 3.05) is 0 Å². The van der Waals surface area contributed by atoms with Crippen LogP contribution in [0.5, 0.6) is 5.75 Å². The van der Waals surface area contributed by atoms with E-state index in [2.05, 4.69) is 10.5 Å². The van der Waals surface area contributed by atoms with Crippen molar-refractivity contribution in [3.8, 4) is 5.75 Å². The lowest BCUT2D eigenvalue weighted by Gasteiger charge is -2.04. The molecule has 0 aliphatic heterocycles. The molecule has 0 saturated carbocycles. The maximum Gasteiger partial charge on any atom is 0.343 e. The monoisotopic (exact) mass is 423 g/mol. The zero-order valence-corrected chi connectivity index (χ0v) is 16.1. The van der Waals surface area contributed by atoms with Gasteiger partial charge in [0, 0.05) is 22.7 Å². The van der Waals surface area contributed by atoms with Crippen LogP contribution in [-0.4, -0.2) is 23.0 Å². The quantitative estimate of drug-likeness (QED) is 0.210. The third kappa shape index (κ3) is 5.49. The minimum Gasteiger partial charge on any atom is -0.423 e. The molecule has 0 spiro atoms. The third-order valence-electron chi connectivity index (χ3n) is 3.85. The van der Waals surface area contributed by atoms with Gasteiger partial charge in [-0.25, -0.2) is 10.2 Å². The molecule has 150 valence electrons. The highest BCUT2D eigenvalue weighted by Gasteiger charge is 2.13. The summed E-state index contributed by atoms with van der Waals surface area (Å²) in [5.74, 6) is -0.864. The van der Waals surface area contributed by atoms with Crippen LogP contribution in [-0.2, 0) is 0 Å². The standard InChI is InChI=1S/C21H14ClN3O5/c22-17-5-1-3-15(11-17)20(26)24-23-13-14-7-9-19(10-8-14)30-21(27)16-4-2-6-18(12-16)25(28)29/h1-13H,(H,24,26)/b23-13-. The van der Waals surface area contributed by atoms with Crippen LogP contribution in [0.1, 0.15) is 26.3 Å². The molecule has 0 saturated heterocycles. The predicted octanol–water partition coefficient (Wildman–Crippen LogP) is 4.23. The average Bonchev–Trinajstić information content (AvgIpc) is 2.75. The average molecular weight is 424 g/mol. The molecule has 0 aliphatic rings. The number of halogens is 1. The number of nitrogens with one attached hydrogen (secondary N) is 1. The van der Waals surface area contributed by atoms with Gasteiger partial charge in [0.05, 0.1) is 16.7 Å². The van der Waals surface area contributed by atoms with Crippen LogP contribution >= 0.6 is 11.6 Å². The Kier molecular flexibility index (Phi) is 6.51. The maximum atomic E-state index is 12.2. The van der Waals surface area contributed by atoms with Crippen molar-refractivity contribution >= 4 is 35.4 Å². The van der Waals surface area contributed by atoms with E-state index in [1.165, 1.54) is 42.6 Å². The van der Waals surface area contributed by atoms with E-state index in [0.29, 0.717) is 16.1 Å². The Morgan fingerprint density at radius 1 is 1.00 bits per heavy atom. The fourth-order valence-electron chi connectivity index (χ4n) is 2.39. The first-order valence-corrected chi connectivity index (χ1v) is 8.96. The molecule has 30 heavy (non-hydrogen) atoms. The maximum absolute atomic E-state index is 12.2. The van der Waals surface area contributed by atoms with E-state index in [9.17, 15) is 19.7 Å². The Morgan fingerprint density at radius 3 is 2.40 bits per heavy atom. The lowest BCUT2D eigenvalue weighted by Crippen LogP contribution is -2.17. The van der Waals surface area contributed by atoms with Gasteiger partial charge in [0.15, 0.2) is 0 Å². The highest BCUT2D eigenvalue weighted by atomic mass is 35.5. The fourth-order valence-corrected chi connectivity index (χ4v) is 2.58. The van der Waals surface area contributed by atoms with Crippen molar-refractivity contribution in [3.63, 3.8) is 0 Å². The first kappa shape index (κ1) is 20.7. The van der Waals surface area contributed by atoms with Crippen LogP contribution in [0.3, 0.4) is 0 Å². The Hall–Kier alpha value is -4.04. The zero-order valence-electron chi connectivity index (χ0n) is 15.3. The summed E-state index contributed by atoms with van der Waals surface area (Å²) in [4.78, 5) is 34.3. The molecule has 0 fully saturated rings. The molecule has 0 aromatic heterocycles. The minimum atomic E-state index is -0.714. The van der Waals surface area contributed by atoms with Gasteiger partial charge in [-0.05, 0) is 54.1 Å². The highest BCUT2D eigenvalue weighted by Crippen LogP contribution is 2.17. The summed E-state index contributed by atoms with van der Waals surface area (Å²) in [6, 6.07) is 18.1. The predicted molar refractivity (Wildman–Crippen MR) is 111 cm³/mol. The number of amides is 1. The number of benzene rings is 3. The number of ether oxygens (including phenoxy) is 1. The summed E-state index contributed by atoms with van der Waals surface area (Å²) in [6.45, 7) is 0. The number of carbonyl (C=O) groups is 2. The minimum absolute atomic E-state index is 0.0681. The van der Waals surface area contributed by atoms with Crippen molar-refractivity contribution in [2.24, 2.45) is 5.10 Å². The first-order chi connectivity index (χ1) is 14.4. The normalized spacial score (nSPS) is 10.6. The molecule has 1 N–H and O–H groups in total. The van der Waals surface area contributed by atoms with E-state index in [0.717, 1.165) is 6.07 Å². The summed E-state index contributed by atoms with van der Waals surface area (Å²) >= 11 is 5.85. The highest BCUT2D eigenvalue weighted by molar-refractivity contribution is 6.30. The van der Waals surface area contributed by atoms with Crippen molar-refractivity contribution in [3.05, 3.63) is 105 Å². The molecule has 9 heteroatoms. The number of nitro benzene ring substituents is 1. The third-order valence-corrected chi connectivity index (χ3v) is 4.08. The van der Waals surface area contributed by atoms with Gasteiger partial charge in [0.2, 0.25) is 0 Å². The molecule has 0 aliphatic carbocycles. The SMILES string of the molecule is O=C(N/N=C\c1ccc(OC(=O)c2cccc([N+](=O)[O-])c2)cc1)c1cccc(Cl)c1. The van der Waals surface area contributed by atoms with Gasteiger partial charge < -0.3 is 4.74 Å². The van der Waals surface area contributed by atoms with E-state index in [-0.39, 0.29) is 17.0 Å². The smallest absolute Gasteiger partial charge is 0.343 e. The summed E-state index contributed by atoms with van der Waals surface area (Å²) in [5.41, 5.74) is 3.29. The van der Waals surface area contributed by atoms with Crippen LogP contribution in [0.15, 0.2) is 77.9 Å². The Bertz CT molecular complexity index is 1130. The summed E-state index contributed by atoms with van der Waals surface area (Å²) in [6.07, 6.45) is 1.43. The molecule has 3 aromatic carbocycles. The van der Waals surface area contributed by atoms with Gasteiger partial charge in [0.1, 0.15) is 5.75 Å². The van der Waals surface area contributed by atoms with Crippen molar-refractivity contribution in [1.29, 1.82) is 0 Å². The van der Waals surface area contributed by atoms with Crippen LogP contribution in [0.4, 0.5) is 5.69 Å². The van der Waals surface area contributed by atoms with Crippen LogP contribution in [0.25, 0.3) is 0 Å². The largest absolute Gasteiger partial charge is 0.423 e. The molecule has 1 amide bonds. The molecule has 0 atom stereocenters.